The number of rotatable bonds is 21. The molecule has 0 fully saturated rings. The number of hydrogen-bond donors (Lipinski definition) is 1. The van der Waals surface area contributed by atoms with E-state index in [1.54, 1.807) is 0 Å². The van der Waals surface area contributed by atoms with Crippen LogP contribution in [0.5, 0.6) is 0 Å². The third kappa shape index (κ3) is 20.2. The lowest BCUT2D eigenvalue weighted by Crippen LogP contribution is -2.25. The standard InChI is InChI=1S/C25H50O3/c1-4-5-6-7-8-9-10-11-12-13-14-15-16-17-18-19-20-21-24(27)28-23-25(2,3)22-26/h26H,4-23H2,1-3H3. The highest BCUT2D eigenvalue weighted by Crippen LogP contribution is 2.16. The third-order valence-corrected chi connectivity index (χ3v) is 5.54. The van der Waals surface area contributed by atoms with Crippen LogP contribution in [0, 0.1) is 5.41 Å². The van der Waals surface area contributed by atoms with Crippen LogP contribution in [-0.4, -0.2) is 24.3 Å². The smallest absolute Gasteiger partial charge is 0.305 e. The van der Waals surface area contributed by atoms with Gasteiger partial charge in [0.25, 0.3) is 0 Å². The molecule has 0 aliphatic heterocycles. The summed E-state index contributed by atoms with van der Waals surface area (Å²) in [5.41, 5.74) is -0.329. The molecule has 0 radical (unpaired) electrons. The highest BCUT2D eigenvalue weighted by molar-refractivity contribution is 5.69. The summed E-state index contributed by atoms with van der Waals surface area (Å²) < 4.78 is 5.23. The molecule has 28 heavy (non-hydrogen) atoms. The topological polar surface area (TPSA) is 46.5 Å². The van der Waals surface area contributed by atoms with E-state index < -0.39 is 0 Å². The zero-order valence-corrected chi connectivity index (χ0v) is 19.4. The molecule has 0 aromatic carbocycles. The molecule has 0 aromatic heterocycles. The molecule has 1 N–H and O–H groups in total. The number of ether oxygens (including phenoxy) is 1. The Bertz CT molecular complexity index is 339. The van der Waals surface area contributed by atoms with Crippen molar-refractivity contribution in [3.63, 3.8) is 0 Å². The predicted molar refractivity (Wildman–Crippen MR) is 121 cm³/mol. The molecule has 0 aliphatic rings. The van der Waals surface area contributed by atoms with Crippen molar-refractivity contribution in [2.75, 3.05) is 13.2 Å². The van der Waals surface area contributed by atoms with Gasteiger partial charge in [-0.3, -0.25) is 4.79 Å². The number of aliphatic hydroxyl groups excluding tert-OH is 1. The molecule has 0 unspecified atom stereocenters. The van der Waals surface area contributed by atoms with Crippen molar-refractivity contribution in [3.8, 4) is 0 Å². The van der Waals surface area contributed by atoms with E-state index in [1.807, 2.05) is 13.8 Å². The minimum atomic E-state index is -0.329. The molecule has 0 aromatic rings. The van der Waals surface area contributed by atoms with E-state index >= 15 is 0 Å². The average molecular weight is 399 g/mol. The van der Waals surface area contributed by atoms with Gasteiger partial charge >= 0.3 is 5.97 Å². The fraction of sp³-hybridized carbons (Fsp3) is 0.960. The number of esters is 1. The van der Waals surface area contributed by atoms with Crippen molar-refractivity contribution in [2.24, 2.45) is 5.41 Å². The Morgan fingerprint density at radius 1 is 0.679 bits per heavy atom. The molecule has 0 rings (SSSR count). The molecule has 0 saturated carbocycles. The molecule has 0 amide bonds. The van der Waals surface area contributed by atoms with Gasteiger partial charge in [-0.2, -0.15) is 0 Å². The van der Waals surface area contributed by atoms with E-state index in [9.17, 15) is 4.79 Å². The van der Waals surface area contributed by atoms with Gasteiger partial charge in [-0.15, -0.1) is 0 Å². The van der Waals surface area contributed by atoms with E-state index in [0.717, 1.165) is 12.8 Å². The molecule has 0 heterocycles. The van der Waals surface area contributed by atoms with Crippen LogP contribution in [0.3, 0.4) is 0 Å². The van der Waals surface area contributed by atoms with Gasteiger partial charge in [0, 0.05) is 11.8 Å². The molecule has 0 saturated heterocycles. The Morgan fingerprint density at radius 3 is 1.39 bits per heavy atom. The van der Waals surface area contributed by atoms with Gasteiger partial charge in [0.1, 0.15) is 0 Å². The minimum Gasteiger partial charge on any atom is -0.465 e. The molecule has 0 aliphatic carbocycles. The fourth-order valence-electron chi connectivity index (χ4n) is 3.39. The van der Waals surface area contributed by atoms with Crippen molar-refractivity contribution in [2.45, 2.75) is 136 Å². The first kappa shape index (κ1) is 27.4. The maximum absolute atomic E-state index is 11.7. The first-order valence-corrected chi connectivity index (χ1v) is 12.3. The summed E-state index contributed by atoms with van der Waals surface area (Å²) in [6.45, 7) is 6.43. The largest absolute Gasteiger partial charge is 0.465 e. The summed E-state index contributed by atoms with van der Waals surface area (Å²) in [6, 6.07) is 0. The summed E-state index contributed by atoms with van der Waals surface area (Å²) in [6.07, 6.45) is 23.4. The van der Waals surface area contributed by atoms with E-state index in [0.29, 0.717) is 13.0 Å². The Hall–Kier alpha value is -0.570. The number of carbonyl (C=O) groups excluding carboxylic acids is 1. The van der Waals surface area contributed by atoms with E-state index in [-0.39, 0.29) is 18.0 Å². The fourth-order valence-corrected chi connectivity index (χ4v) is 3.39. The Morgan fingerprint density at radius 2 is 1.04 bits per heavy atom. The second kappa shape index (κ2) is 19.7. The lowest BCUT2D eigenvalue weighted by atomic mass is 9.96. The second-order valence-electron chi connectivity index (χ2n) is 9.39. The quantitative estimate of drug-likeness (QED) is 0.160. The minimum absolute atomic E-state index is 0.0411. The van der Waals surface area contributed by atoms with Crippen molar-refractivity contribution >= 4 is 5.97 Å². The molecule has 3 heteroatoms. The predicted octanol–water partition coefficient (Wildman–Crippen LogP) is 7.59. The van der Waals surface area contributed by atoms with Crippen LogP contribution < -0.4 is 0 Å². The number of hydrogen-bond acceptors (Lipinski definition) is 3. The van der Waals surface area contributed by atoms with Gasteiger partial charge in [0.15, 0.2) is 0 Å². The Kier molecular flexibility index (Phi) is 19.3. The summed E-state index contributed by atoms with van der Waals surface area (Å²) in [5.74, 6) is -0.123. The molecule has 0 bridgehead atoms. The van der Waals surface area contributed by atoms with Crippen LogP contribution in [0.2, 0.25) is 0 Å². The normalized spacial score (nSPS) is 11.7. The van der Waals surface area contributed by atoms with Gasteiger partial charge in [-0.05, 0) is 6.42 Å². The lowest BCUT2D eigenvalue weighted by Gasteiger charge is -2.20. The number of unbranched alkanes of at least 4 members (excludes halogenated alkanes) is 16. The highest BCUT2D eigenvalue weighted by Gasteiger charge is 2.18. The average Bonchev–Trinajstić information content (AvgIpc) is 2.69. The van der Waals surface area contributed by atoms with E-state index in [1.165, 1.54) is 96.3 Å². The second-order valence-corrected chi connectivity index (χ2v) is 9.39. The molecule has 0 spiro atoms. The first-order valence-electron chi connectivity index (χ1n) is 12.3. The first-order chi connectivity index (χ1) is 13.5. The van der Waals surface area contributed by atoms with Gasteiger partial charge in [-0.25, -0.2) is 0 Å². The van der Waals surface area contributed by atoms with Gasteiger partial charge in [0.05, 0.1) is 13.2 Å². The highest BCUT2D eigenvalue weighted by atomic mass is 16.5. The zero-order valence-electron chi connectivity index (χ0n) is 19.4. The van der Waals surface area contributed by atoms with Crippen LogP contribution >= 0.6 is 0 Å². The van der Waals surface area contributed by atoms with E-state index in [2.05, 4.69) is 6.92 Å². The van der Waals surface area contributed by atoms with Crippen LogP contribution in [-0.2, 0) is 9.53 Å². The molecular formula is C25H50O3. The maximum atomic E-state index is 11.7. The van der Waals surface area contributed by atoms with Gasteiger partial charge in [0.2, 0.25) is 0 Å². The summed E-state index contributed by atoms with van der Waals surface area (Å²) in [7, 11) is 0. The molecule has 0 atom stereocenters. The van der Waals surface area contributed by atoms with Gasteiger partial charge in [-0.1, -0.05) is 124 Å². The van der Waals surface area contributed by atoms with Crippen molar-refractivity contribution in [3.05, 3.63) is 0 Å². The Balaban J connectivity index is 3.19. The Labute approximate surface area is 176 Å². The zero-order chi connectivity index (χ0) is 20.9. The SMILES string of the molecule is CCCCCCCCCCCCCCCCCCCC(=O)OCC(C)(C)CO. The maximum Gasteiger partial charge on any atom is 0.305 e. The number of carbonyl (C=O) groups is 1. The third-order valence-electron chi connectivity index (χ3n) is 5.54. The van der Waals surface area contributed by atoms with E-state index in [4.69, 9.17) is 9.84 Å². The molecule has 168 valence electrons. The van der Waals surface area contributed by atoms with Crippen LogP contribution in [0.1, 0.15) is 136 Å². The summed E-state index contributed by atoms with van der Waals surface area (Å²) in [5, 5.41) is 9.15. The molecular weight excluding hydrogens is 348 g/mol. The van der Waals surface area contributed by atoms with Crippen molar-refractivity contribution < 1.29 is 14.6 Å². The monoisotopic (exact) mass is 398 g/mol. The van der Waals surface area contributed by atoms with Crippen molar-refractivity contribution in [1.82, 2.24) is 0 Å². The van der Waals surface area contributed by atoms with Crippen LogP contribution in [0.4, 0.5) is 0 Å². The molecule has 3 nitrogen and oxygen atoms in total. The number of aliphatic hydroxyl groups is 1. The van der Waals surface area contributed by atoms with Crippen LogP contribution in [0.25, 0.3) is 0 Å². The summed E-state index contributed by atoms with van der Waals surface area (Å²) >= 11 is 0. The summed E-state index contributed by atoms with van der Waals surface area (Å²) in [4.78, 5) is 11.7. The van der Waals surface area contributed by atoms with Crippen LogP contribution in [0.15, 0.2) is 0 Å². The van der Waals surface area contributed by atoms with Crippen molar-refractivity contribution in [1.29, 1.82) is 0 Å². The lowest BCUT2D eigenvalue weighted by molar-refractivity contribution is -0.147. The van der Waals surface area contributed by atoms with Gasteiger partial charge < -0.3 is 9.84 Å².